The second-order valence-corrected chi connectivity index (χ2v) is 5.64. The summed E-state index contributed by atoms with van der Waals surface area (Å²) in [7, 11) is 0. The molecule has 2 aliphatic heterocycles. The first-order valence-electron chi connectivity index (χ1n) is 8.56. The van der Waals surface area contributed by atoms with E-state index in [4.69, 9.17) is 5.11 Å². The number of carbonyl (C=O) groups is 6. The van der Waals surface area contributed by atoms with E-state index in [9.17, 15) is 28.8 Å². The summed E-state index contributed by atoms with van der Waals surface area (Å²) < 4.78 is 0. The number of primary amides is 1. The molecule has 0 aromatic carbocycles. The summed E-state index contributed by atoms with van der Waals surface area (Å²) in [6.07, 6.45) is 4.87. The molecule has 0 aromatic rings. The summed E-state index contributed by atoms with van der Waals surface area (Å²) in [4.78, 5) is 64.5. The Morgan fingerprint density at radius 3 is 1.96 bits per heavy atom. The number of hydrogen-bond donors (Lipinski definition) is 3. The Kier molecular flexibility index (Phi) is 10.9. The molecule has 0 saturated carbocycles. The molecule has 0 bridgehead atoms. The summed E-state index contributed by atoms with van der Waals surface area (Å²) in [5.74, 6) is -3.10. The van der Waals surface area contributed by atoms with Crippen LogP contribution in [0.25, 0.3) is 0 Å². The molecule has 0 aliphatic carbocycles. The average molecular weight is 383 g/mol. The highest BCUT2D eigenvalue weighted by Gasteiger charge is 2.37. The van der Waals surface area contributed by atoms with Crippen molar-refractivity contribution in [2.75, 3.05) is 0 Å². The Bertz CT molecular complexity index is 624. The number of unbranched alkanes of at least 4 members (excludes halogenated alkanes) is 2. The van der Waals surface area contributed by atoms with Gasteiger partial charge >= 0.3 is 5.97 Å². The maximum atomic E-state index is 11.2. The fourth-order valence-electron chi connectivity index (χ4n) is 1.94. The van der Waals surface area contributed by atoms with Crippen molar-refractivity contribution in [1.29, 1.82) is 0 Å². The molecule has 2 heterocycles. The lowest BCUT2D eigenvalue weighted by Gasteiger charge is -2.11. The van der Waals surface area contributed by atoms with E-state index in [0.29, 0.717) is 12.8 Å². The van der Waals surface area contributed by atoms with Crippen molar-refractivity contribution < 1.29 is 33.9 Å². The van der Waals surface area contributed by atoms with Crippen LogP contribution in [0, 0.1) is 0 Å². The van der Waals surface area contributed by atoms with Gasteiger partial charge in [-0.1, -0.05) is 26.7 Å². The summed E-state index contributed by atoms with van der Waals surface area (Å²) in [6.45, 7) is 3.78. The van der Waals surface area contributed by atoms with E-state index in [1.54, 1.807) is 6.92 Å². The van der Waals surface area contributed by atoms with E-state index >= 15 is 0 Å². The highest BCUT2D eigenvalue weighted by atomic mass is 16.4. The van der Waals surface area contributed by atoms with E-state index in [0.717, 1.165) is 30.2 Å². The maximum absolute atomic E-state index is 11.2. The summed E-state index contributed by atoms with van der Waals surface area (Å²) in [6, 6.07) is 0. The Balaban J connectivity index is 0.000000443. The molecule has 10 nitrogen and oxygen atoms in total. The molecule has 10 heteroatoms. The molecule has 0 atom stereocenters. The molecular weight excluding hydrogens is 358 g/mol. The van der Waals surface area contributed by atoms with E-state index in [2.05, 4.69) is 12.7 Å². The zero-order valence-corrected chi connectivity index (χ0v) is 15.4. The van der Waals surface area contributed by atoms with Crippen molar-refractivity contribution in [2.24, 2.45) is 5.73 Å². The van der Waals surface area contributed by atoms with Gasteiger partial charge in [-0.3, -0.25) is 34.1 Å². The third-order valence-corrected chi connectivity index (χ3v) is 3.37. The third kappa shape index (κ3) is 9.28. The quantitative estimate of drug-likeness (QED) is 0.436. The number of aliphatic carboxylic acids is 1. The Labute approximate surface area is 156 Å². The lowest BCUT2D eigenvalue weighted by atomic mass is 10.2. The van der Waals surface area contributed by atoms with Crippen molar-refractivity contribution in [1.82, 2.24) is 10.2 Å². The van der Waals surface area contributed by atoms with Crippen molar-refractivity contribution in [3.8, 4) is 0 Å². The SMILES string of the molecule is CCC(N)=O.CCCCCC(=O)O.O=C1C=C(N2C(=O)CCC2=O)C(=O)N1. The van der Waals surface area contributed by atoms with Crippen molar-refractivity contribution >= 4 is 35.5 Å². The first-order chi connectivity index (χ1) is 12.6. The lowest BCUT2D eigenvalue weighted by molar-refractivity contribution is -0.139. The van der Waals surface area contributed by atoms with Gasteiger partial charge in [-0.05, 0) is 6.42 Å². The number of carboxylic acid groups (broad SMARTS) is 1. The van der Waals surface area contributed by atoms with Gasteiger partial charge in [0.2, 0.25) is 17.7 Å². The first-order valence-corrected chi connectivity index (χ1v) is 8.56. The number of likely N-dealkylation sites (tertiary alicyclic amines) is 1. The van der Waals surface area contributed by atoms with Crippen LogP contribution in [0.2, 0.25) is 0 Å². The zero-order chi connectivity index (χ0) is 21.0. The monoisotopic (exact) mass is 383 g/mol. The van der Waals surface area contributed by atoms with Gasteiger partial charge < -0.3 is 10.8 Å². The van der Waals surface area contributed by atoms with Crippen LogP contribution in [0.3, 0.4) is 0 Å². The van der Waals surface area contributed by atoms with Gasteiger partial charge in [0.1, 0.15) is 5.70 Å². The van der Waals surface area contributed by atoms with Crippen molar-refractivity contribution in [3.05, 3.63) is 11.8 Å². The van der Waals surface area contributed by atoms with Gasteiger partial charge in [0, 0.05) is 31.8 Å². The van der Waals surface area contributed by atoms with E-state index in [-0.39, 0.29) is 24.4 Å². The van der Waals surface area contributed by atoms with Crippen molar-refractivity contribution in [3.63, 3.8) is 0 Å². The molecule has 27 heavy (non-hydrogen) atoms. The summed E-state index contributed by atoms with van der Waals surface area (Å²) >= 11 is 0. The van der Waals surface area contributed by atoms with Crippen LogP contribution in [0.4, 0.5) is 0 Å². The molecule has 150 valence electrons. The normalized spacial score (nSPS) is 15.3. The minimum absolute atomic E-state index is 0.0949. The van der Waals surface area contributed by atoms with Crippen LogP contribution in [0.5, 0.6) is 0 Å². The predicted molar refractivity (Wildman–Crippen MR) is 93.6 cm³/mol. The number of nitrogens with one attached hydrogen (secondary N) is 1. The largest absolute Gasteiger partial charge is 0.481 e. The average Bonchev–Trinajstić information content (AvgIpc) is 3.09. The number of nitrogens with zero attached hydrogens (tertiary/aromatic N) is 1. The molecular formula is C17H25N3O7. The van der Waals surface area contributed by atoms with E-state index in [1.165, 1.54) is 0 Å². The number of nitrogens with two attached hydrogens (primary N) is 1. The molecule has 2 aliphatic rings. The smallest absolute Gasteiger partial charge is 0.303 e. The van der Waals surface area contributed by atoms with Crippen LogP contribution < -0.4 is 11.1 Å². The standard InChI is InChI=1S/C8H6N2O4.C6H12O2.C3H7NO/c11-5-3-4(8(14)9-5)10-6(12)1-2-7(10)13;1-2-3-4-5-6(7)8;1-2-3(4)5/h3H,1-2H2,(H,9,11,14);2-5H2,1H3,(H,7,8);2H2,1H3,(H2,4,5). The van der Waals surface area contributed by atoms with E-state index < -0.39 is 29.6 Å². The van der Waals surface area contributed by atoms with Crippen LogP contribution >= 0.6 is 0 Å². The van der Waals surface area contributed by atoms with Gasteiger partial charge in [0.25, 0.3) is 11.8 Å². The molecule has 5 amide bonds. The molecule has 0 radical (unpaired) electrons. The van der Waals surface area contributed by atoms with Crippen LogP contribution in [-0.2, 0) is 28.8 Å². The molecule has 1 fully saturated rings. The zero-order valence-electron chi connectivity index (χ0n) is 15.4. The van der Waals surface area contributed by atoms with Crippen LogP contribution in [0.15, 0.2) is 11.8 Å². The number of imide groups is 2. The topological polar surface area (TPSA) is 164 Å². The number of hydrogen-bond acceptors (Lipinski definition) is 6. The number of carbonyl (C=O) groups excluding carboxylic acids is 5. The van der Waals surface area contributed by atoms with E-state index in [1.807, 2.05) is 5.32 Å². The molecule has 0 spiro atoms. The third-order valence-electron chi connectivity index (χ3n) is 3.37. The molecule has 4 N–H and O–H groups in total. The number of rotatable bonds is 6. The van der Waals surface area contributed by atoms with Gasteiger partial charge in [-0.2, -0.15) is 0 Å². The second-order valence-electron chi connectivity index (χ2n) is 5.64. The van der Waals surface area contributed by atoms with Gasteiger partial charge in [0.15, 0.2) is 0 Å². The Hall–Kier alpha value is -3.04. The summed E-state index contributed by atoms with van der Waals surface area (Å²) in [5, 5.41) is 10.1. The van der Waals surface area contributed by atoms with Crippen LogP contribution in [-0.4, -0.2) is 45.5 Å². The van der Waals surface area contributed by atoms with Gasteiger partial charge in [-0.25, -0.2) is 4.90 Å². The van der Waals surface area contributed by atoms with Crippen molar-refractivity contribution in [2.45, 2.75) is 58.8 Å². The number of carboxylic acids is 1. The molecule has 1 saturated heterocycles. The minimum Gasteiger partial charge on any atom is -0.481 e. The Morgan fingerprint density at radius 2 is 1.63 bits per heavy atom. The highest BCUT2D eigenvalue weighted by molar-refractivity contribution is 6.20. The fraction of sp³-hybridized carbons (Fsp3) is 0.529. The molecule has 2 rings (SSSR count). The fourth-order valence-corrected chi connectivity index (χ4v) is 1.94. The maximum Gasteiger partial charge on any atom is 0.303 e. The Morgan fingerprint density at radius 1 is 1.11 bits per heavy atom. The van der Waals surface area contributed by atoms with Gasteiger partial charge in [0.05, 0.1) is 0 Å². The lowest BCUT2D eigenvalue weighted by Crippen LogP contribution is -2.34. The van der Waals surface area contributed by atoms with Crippen LogP contribution in [0.1, 0.15) is 58.8 Å². The second kappa shape index (κ2) is 12.3. The highest BCUT2D eigenvalue weighted by Crippen LogP contribution is 2.19. The molecule has 0 unspecified atom stereocenters. The first kappa shape index (κ1) is 24.0. The minimum atomic E-state index is -0.696. The predicted octanol–water partition coefficient (Wildman–Crippen LogP) is 0.209. The molecule has 0 aromatic heterocycles. The van der Waals surface area contributed by atoms with Gasteiger partial charge in [-0.15, -0.1) is 0 Å². The number of amides is 5. The summed E-state index contributed by atoms with van der Waals surface area (Å²) in [5.41, 5.74) is 4.49.